The van der Waals surface area contributed by atoms with Gasteiger partial charge in [-0.15, -0.1) is 0 Å². The molecule has 1 aromatic carbocycles. The topological polar surface area (TPSA) is 129 Å². The van der Waals surface area contributed by atoms with Crippen LogP contribution in [0.2, 0.25) is 0 Å². The fourth-order valence-electron chi connectivity index (χ4n) is 5.34. The summed E-state index contributed by atoms with van der Waals surface area (Å²) >= 11 is 0. The lowest BCUT2D eigenvalue weighted by atomic mass is 10.1. The van der Waals surface area contributed by atoms with Crippen molar-refractivity contribution in [2.45, 2.75) is 25.8 Å². The second kappa shape index (κ2) is 9.42. The van der Waals surface area contributed by atoms with Crippen LogP contribution in [-0.2, 0) is 6.42 Å². The number of nitrogens with two attached hydrogens (primary N) is 1. The molecule has 1 aliphatic rings. The second-order valence-corrected chi connectivity index (χ2v) is 9.81. The molecule has 10 nitrogen and oxygen atoms in total. The Morgan fingerprint density at radius 3 is 2.80 bits per heavy atom. The van der Waals surface area contributed by atoms with E-state index in [0.717, 1.165) is 40.7 Å². The minimum atomic E-state index is -0.113. The van der Waals surface area contributed by atoms with Gasteiger partial charge in [0.1, 0.15) is 11.3 Å². The average molecular weight is 528 g/mol. The Bertz CT molecular complexity index is 1890. The smallest absolute Gasteiger partial charge is 0.253 e. The Morgan fingerprint density at radius 2 is 1.98 bits per heavy atom. The Hall–Kier alpha value is -5.38. The van der Waals surface area contributed by atoms with Crippen LogP contribution in [0, 0.1) is 6.92 Å². The first-order valence-electron chi connectivity index (χ1n) is 13.0. The van der Waals surface area contributed by atoms with Gasteiger partial charge in [-0.05, 0) is 85.0 Å². The number of nitrogens with one attached hydrogen (secondary N) is 1. The van der Waals surface area contributed by atoms with E-state index in [9.17, 15) is 4.79 Å². The summed E-state index contributed by atoms with van der Waals surface area (Å²) in [5, 5.41) is 7.54. The van der Waals surface area contributed by atoms with Gasteiger partial charge >= 0.3 is 0 Å². The van der Waals surface area contributed by atoms with E-state index < -0.39 is 0 Å². The van der Waals surface area contributed by atoms with Gasteiger partial charge in [0, 0.05) is 36.7 Å². The maximum atomic E-state index is 13.0. The molecule has 5 aromatic heterocycles. The molecule has 1 aliphatic carbocycles. The van der Waals surface area contributed by atoms with Crippen LogP contribution < -0.4 is 11.1 Å². The molecule has 0 spiro atoms. The molecular weight excluding hydrogens is 502 g/mol. The average Bonchev–Trinajstić information content (AvgIpc) is 3.72. The van der Waals surface area contributed by atoms with Crippen LogP contribution in [0.25, 0.3) is 34.1 Å². The predicted octanol–water partition coefficient (Wildman–Crippen LogP) is 4.37. The van der Waals surface area contributed by atoms with Gasteiger partial charge in [0.05, 0.1) is 17.2 Å². The molecule has 1 amide bonds. The Labute approximate surface area is 229 Å². The molecule has 6 aromatic rings. The molecule has 3 N–H and O–H groups in total. The van der Waals surface area contributed by atoms with E-state index in [4.69, 9.17) is 15.7 Å². The highest BCUT2D eigenvalue weighted by molar-refractivity contribution is 5.95. The molecule has 7 rings (SSSR count). The fraction of sp³-hybridized carbons (Fsp3) is 0.133. The van der Waals surface area contributed by atoms with Gasteiger partial charge in [0.15, 0.2) is 17.3 Å². The Kier molecular flexibility index (Phi) is 5.59. The molecular formula is C30H25N9O. The summed E-state index contributed by atoms with van der Waals surface area (Å²) in [4.78, 5) is 31.3. The van der Waals surface area contributed by atoms with Gasteiger partial charge in [-0.25, -0.2) is 19.6 Å². The summed E-state index contributed by atoms with van der Waals surface area (Å²) in [7, 11) is 0. The van der Waals surface area contributed by atoms with Crippen LogP contribution in [0.5, 0.6) is 0 Å². The molecule has 5 heterocycles. The van der Waals surface area contributed by atoms with Crippen molar-refractivity contribution >= 4 is 22.9 Å². The lowest BCUT2D eigenvalue weighted by Gasteiger charge is -2.16. The molecule has 10 heteroatoms. The number of hydrogen-bond donors (Lipinski definition) is 2. The highest BCUT2D eigenvalue weighted by Crippen LogP contribution is 2.36. The van der Waals surface area contributed by atoms with E-state index in [0.29, 0.717) is 28.7 Å². The van der Waals surface area contributed by atoms with Gasteiger partial charge in [-0.3, -0.25) is 14.3 Å². The summed E-state index contributed by atoms with van der Waals surface area (Å²) in [6.45, 7) is 1.92. The highest BCUT2D eigenvalue weighted by atomic mass is 16.1. The first-order valence-corrected chi connectivity index (χ1v) is 13.0. The van der Waals surface area contributed by atoms with Crippen LogP contribution in [0.3, 0.4) is 0 Å². The molecule has 0 aliphatic heterocycles. The first kappa shape index (κ1) is 23.7. The lowest BCUT2D eigenvalue weighted by molar-refractivity contribution is 0.0935. The fourth-order valence-corrected chi connectivity index (χ4v) is 5.34. The van der Waals surface area contributed by atoms with Crippen molar-refractivity contribution in [3.63, 3.8) is 0 Å². The number of pyridine rings is 3. The summed E-state index contributed by atoms with van der Waals surface area (Å²) in [5.41, 5.74) is 13.1. The summed E-state index contributed by atoms with van der Waals surface area (Å²) in [6.07, 6.45) is 10.2. The predicted molar refractivity (Wildman–Crippen MR) is 151 cm³/mol. The number of anilines is 1. The van der Waals surface area contributed by atoms with E-state index in [1.54, 1.807) is 29.5 Å². The number of imidazole rings is 1. The van der Waals surface area contributed by atoms with Crippen molar-refractivity contribution in [1.82, 2.24) is 39.6 Å². The molecule has 0 bridgehead atoms. The zero-order chi connectivity index (χ0) is 27.2. The van der Waals surface area contributed by atoms with Gasteiger partial charge in [0.25, 0.3) is 5.91 Å². The first-order chi connectivity index (χ1) is 19.6. The van der Waals surface area contributed by atoms with Gasteiger partial charge < -0.3 is 11.1 Å². The summed E-state index contributed by atoms with van der Waals surface area (Å²) < 4.78 is 3.73. The molecule has 0 saturated heterocycles. The zero-order valence-electron chi connectivity index (χ0n) is 21.7. The Balaban J connectivity index is 1.32. The standard InChI is InChI=1S/C30H25N9O/c1-18-11-14-32-17-23(18)30(40)36-24-8-5-19-16-20(6-7-21(19)24)39-28(22-4-2-12-33-27(22)31)35-25-9-10-26(37-29(25)39)38-15-3-13-34-38/h2-4,6-7,9-17,24H,5,8H2,1H3,(H2,31,33)(H,36,40)/t24-/m0/s1. The van der Waals surface area contributed by atoms with E-state index in [-0.39, 0.29) is 11.9 Å². The third-order valence-corrected chi connectivity index (χ3v) is 7.36. The van der Waals surface area contributed by atoms with Crippen LogP contribution >= 0.6 is 0 Å². The van der Waals surface area contributed by atoms with Gasteiger partial charge in [-0.1, -0.05) is 6.07 Å². The molecule has 0 fully saturated rings. The zero-order valence-corrected chi connectivity index (χ0v) is 21.7. The van der Waals surface area contributed by atoms with E-state index >= 15 is 0 Å². The molecule has 0 saturated carbocycles. The molecule has 0 radical (unpaired) electrons. The van der Waals surface area contributed by atoms with Crippen LogP contribution in [0.15, 0.2) is 85.6 Å². The van der Waals surface area contributed by atoms with E-state index in [1.165, 1.54) is 5.56 Å². The number of fused-ring (bicyclic) bond motifs is 2. The normalized spacial score (nSPS) is 14.4. The third kappa shape index (κ3) is 3.97. The maximum Gasteiger partial charge on any atom is 0.253 e. The van der Waals surface area contributed by atoms with E-state index in [1.807, 2.05) is 60.2 Å². The molecule has 40 heavy (non-hydrogen) atoms. The van der Waals surface area contributed by atoms with Crippen LogP contribution in [0.1, 0.15) is 39.5 Å². The summed E-state index contributed by atoms with van der Waals surface area (Å²) in [6, 6.07) is 17.5. The number of aromatic nitrogens is 7. The van der Waals surface area contributed by atoms with Crippen molar-refractivity contribution in [1.29, 1.82) is 0 Å². The van der Waals surface area contributed by atoms with Crippen molar-refractivity contribution in [2.75, 3.05) is 5.73 Å². The number of rotatable bonds is 5. The highest BCUT2D eigenvalue weighted by Gasteiger charge is 2.26. The molecule has 0 unspecified atom stereocenters. The number of amides is 1. The number of aryl methyl sites for hydroxylation is 2. The van der Waals surface area contributed by atoms with Crippen molar-refractivity contribution in [3.05, 3.63) is 108 Å². The van der Waals surface area contributed by atoms with E-state index in [2.05, 4.69) is 32.5 Å². The lowest BCUT2D eigenvalue weighted by Crippen LogP contribution is -2.27. The van der Waals surface area contributed by atoms with Crippen molar-refractivity contribution < 1.29 is 4.79 Å². The number of nitrogens with zero attached hydrogens (tertiary/aromatic N) is 7. The largest absolute Gasteiger partial charge is 0.383 e. The minimum absolute atomic E-state index is 0.0753. The van der Waals surface area contributed by atoms with Crippen molar-refractivity contribution in [3.8, 4) is 22.9 Å². The van der Waals surface area contributed by atoms with Crippen LogP contribution in [0.4, 0.5) is 5.82 Å². The number of carbonyl (C=O) groups excluding carboxylic acids is 1. The second-order valence-electron chi connectivity index (χ2n) is 9.81. The SMILES string of the molecule is Cc1ccncc1C(=O)N[C@H]1CCc2cc(-n3c(-c4cccnc4N)nc4ccc(-n5cccn5)nc43)ccc21. The van der Waals surface area contributed by atoms with Crippen molar-refractivity contribution in [2.24, 2.45) is 0 Å². The molecule has 1 atom stereocenters. The van der Waals surface area contributed by atoms with Crippen LogP contribution in [-0.4, -0.2) is 40.2 Å². The number of hydrogen-bond acceptors (Lipinski definition) is 7. The summed E-state index contributed by atoms with van der Waals surface area (Å²) in [5.74, 6) is 1.61. The number of benzene rings is 1. The monoisotopic (exact) mass is 527 g/mol. The van der Waals surface area contributed by atoms with Gasteiger partial charge in [-0.2, -0.15) is 5.10 Å². The number of carbonyl (C=O) groups is 1. The Morgan fingerprint density at radius 1 is 1.05 bits per heavy atom. The quantitative estimate of drug-likeness (QED) is 0.340. The third-order valence-electron chi connectivity index (χ3n) is 7.36. The number of nitrogen functional groups attached to an aromatic ring is 1. The van der Waals surface area contributed by atoms with Gasteiger partial charge in [0.2, 0.25) is 0 Å². The minimum Gasteiger partial charge on any atom is -0.383 e. The molecule has 196 valence electrons. The maximum absolute atomic E-state index is 13.0.